The molecule has 0 aliphatic rings. The van der Waals surface area contributed by atoms with E-state index in [1.165, 1.54) is 5.56 Å². The van der Waals surface area contributed by atoms with E-state index in [1.54, 1.807) is 6.33 Å². The van der Waals surface area contributed by atoms with E-state index in [0.717, 1.165) is 0 Å². The van der Waals surface area contributed by atoms with Crippen molar-refractivity contribution in [1.29, 1.82) is 0 Å². The molecule has 0 aliphatic carbocycles. The Morgan fingerprint density at radius 2 is 2.00 bits per heavy atom. The predicted molar refractivity (Wildman–Crippen MR) is 56.9 cm³/mol. The fourth-order valence-electron chi connectivity index (χ4n) is 1.47. The molecule has 2 aromatic rings. The zero-order chi connectivity index (χ0) is 9.97. The maximum Gasteiger partial charge on any atom is 0.141 e. The molecule has 0 amide bonds. The molecule has 3 nitrogen and oxygen atoms in total. The molecule has 0 bridgehead atoms. The lowest BCUT2D eigenvalue weighted by Gasteiger charge is -2.12. The van der Waals surface area contributed by atoms with Crippen LogP contribution in [0.15, 0.2) is 42.9 Å². The largest absolute Gasteiger partial charge is 0.382 e. The van der Waals surface area contributed by atoms with Crippen LogP contribution in [0.25, 0.3) is 0 Å². The predicted octanol–water partition coefficient (Wildman–Crippen LogP) is 2.07. The molecule has 1 heterocycles. The zero-order valence-electron chi connectivity index (χ0n) is 8.09. The summed E-state index contributed by atoms with van der Waals surface area (Å²) >= 11 is 0. The molecule has 2 N–H and O–H groups in total. The van der Waals surface area contributed by atoms with Crippen molar-refractivity contribution in [3.8, 4) is 0 Å². The van der Waals surface area contributed by atoms with Crippen LogP contribution >= 0.6 is 0 Å². The maximum absolute atomic E-state index is 5.56. The Bertz CT molecular complexity index is 405. The second-order valence-electron chi connectivity index (χ2n) is 3.33. The van der Waals surface area contributed by atoms with Gasteiger partial charge in [-0.05, 0) is 12.5 Å². The number of nitrogens with zero attached hydrogens (tertiary/aromatic N) is 2. The van der Waals surface area contributed by atoms with Gasteiger partial charge in [-0.25, -0.2) is 4.98 Å². The van der Waals surface area contributed by atoms with Gasteiger partial charge in [0, 0.05) is 6.20 Å². The van der Waals surface area contributed by atoms with Crippen molar-refractivity contribution in [2.24, 2.45) is 0 Å². The summed E-state index contributed by atoms with van der Waals surface area (Å²) in [4.78, 5) is 4.00. The van der Waals surface area contributed by atoms with Crippen molar-refractivity contribution in [1.82, 2.24) is 9.55 Å². The molecule has 1 atom stereocenters. The van der Waals surface area contributed by atoms with Gasteiger partial charge in [-0.1, -0.05) is 30.3 Å². The summed E-state index contributed by atoms with van der Waals surface area (Å²) in [5, 5.41) is 0. The number of hydrogen-bond acceptors (Lipinski definition) is 2. The second kappa shape index (κ2) is 3.54. The van der Waals surface area contributed by atoms with E-state index in [1.807, 2.05) is 29.0 Å². The Labute approximate surface area is 83.2 Å². The number of hydrogen-bond donors (Lipinski definition) is 1. The van der Waals surface area contributed by atoms with Gasteiger partial charge in [0.1, 0.15) is 5.82 Å². The van der Waals surface area contributed by atoms with Crippen LogP contribution in [0, 0.1) is 0 Å². The monoisotopic (exact) mass is 187 g/mol. The van der Waals surface area contributed by atoms with Crippen molar-refractivity contribution in [2.75, 3.05) is 5.73 Å². The van der Waals surface area contributed by atoms with Crippen molar-refractivity contribution in [2.45, 2.75) is 13.0 Å². The highest BCUT2D eigenvalue weighted by Gasteiger charge is 2.06. The molecular formula is C11H13N3. The van der Waals surface area contributed by atoms with Gasteiger partial charge >= 0.3 is 0 Å². The highest BCUT2D eigenvalue weighted by Crippen LogP contribution is 2.17. The summed E-state index contributed by atoms with van der Waals surface area (Å²) in [6.45, 7) is 2.12. The first kappa shape index (κ1) is 8.81. The van der Waals surface area contributed by atoms with Gasteiger partial charge in [0.25, 0.3) is 0 Å². The van der Waals surface area contributed by atoms with Gasteiger partial charge in [-0.3, -0.25) is 0 Å². The molecule has 3 heteroatoms. The van der Waals surface area contributed by atoms with E-state index >= 15 is 0 Å². The van der Waals surface area contributed by atoms with E-state index in [-0.39, 0.29) is 6.04 Å². The molecule has 1 aromatic heterocycles. The first-order chi connectivity index (χ1) is 6.77. The Morgan fingerprint density at radius 1 is 1.29 bits per heavy atom. The molecule has 0 fully saturated rings. The summed E-state index contributed by atoms with van der Waals surface area (Å²) < 4.78 is 2.00. The Kier molecular flexibility index (Phi) is 2.23. The van der Waals surface area contributed by atoms with Crippen molar-refractivity contribution >= 4 is 5.82 Å². The number of anilines is 1. The number of nitrogen functional groups attached to an aromatic ring is 1. The van der Waals surface area contributed by atoms with Crippen LogP contribution in [0.4, 0.5) is 5.82 Å². The third-order valence-electron chi connectivity index (χ3n) is 2.35. The minimum atomic E-state index is 0.279. The minimum absolute atomic E-state index is 0.279. The smallest absolute Gasteiger partial charge is 0.141 e. The molecule has 1 aromatic carbocycles. The third-order valence-corrected chi connectivity index (χ3v) is 2.35. The lowest BCUT2D eigenvalue weighted by atomic mass is 10.1. The number of rotatable bonds is 2. The van der Waals surface area contributed by atoms with E-state index < -0.39 is 0 Å². The molecular weight excluding hydrogens is 174 g/mol. The van der Waals surface area contributed by atoms with Crippen LogP contribution in [-0.2, 0) is 0 Å². The van der Waals surface area contributed by atoms with E-state index in [2.05, 4.69) is 24.0 Å². The highest BCUT2D eigenvalue weighted by atomic mass is 15.1. The van der Waals surface area contributed by atoms with Crippen LogP contribution in [-0.4, -0.2) is 9.55 Å². The van der Waals surface area contributed by atoms with Gasteiger partial charge in [0.05, 0.1) is 12.4 Å². The van der Waals surface area contributed by atoms with Crippen molar-refractivity contribution in [3.63, 3.8) is 0 Å². The summed E-state index contributed by atoms with van der Waals surface area (Å²) in [6, 6.07) is 10.6. The highest BCUT2D eigenvalue weighted by molar-refractivity contribution is 5.25. The van der Waals surface area contributed by atoms with Crippen molar-refractivity contribution in [3.05, 3.63) is 48.4 Å². The van der Waals surface area contributed by atoms with Crippen LogP contribution in [0.2, 0.25) is 0 Å². The van der Waals surface area contributed by atoms with Crippen LogP contribution in [0.5, 0.6) is 0 Å². The summed E-state index contributed by atoms with van der Waals surface area (Å²) in [5.41, 5.74) is 6.82. The number of nitrogens with two attached hydrogens (primary N) is 1. The van der Waals surface area contributed by atoms with Gasteiger partial charge in [0.15, 0.2) is 0 Å². The Balaban J connectivity index is 2.29. The lowest BCUT2D eigenvalue weighted by Crippen LogP contribution is -2.03. The fourth-order valence-corrected chi connectivity index (χ4v) is 1.47. The Hall–Kier alpha value is -1.77. The zero-order valence-corrected chi connectivity index (χ0v) is 8.09. The quantitative estimate of drug-likeness (QED) is 0.782. The molecule has 0 saturated carbocycles. The average molecular weight is 187 g/mol. The van der Waals surface area contributed by atoms with Crippen molar-refractivity contribution < 1.29 is 0 Å². The lowest BCUT2D eigenvalue weighted by molar-refractivity contribution is 0.639. The van der Waals surface area contributed by atoms with Gasteiger partial charge in [0.2, 0.25) is 0 Å². The number of aromatic nitrogens is 2. The molecule has 0 radical (unpaired) electrons. The number of benzene rings is 1. The van der Waals surface area contributed by atoms with Gasteiger partial charge in [-0.15, -0.1) is 0 Å². The summed E-state index contributed by atoms with van der Waals surface area (Å²) in [6.07, 6.45) is 3.60. The molecule has 0 unspecified atom stereocenters. The molecule has 72 valence electrons. The molecule has 0 saturated heterocycles. The average Bonchev–Trinajstić information content (AvgIpc) is 2.65. The maximum atomic E-state index is 5.56. The van der Waals surface area contributed by atoms with E-state index in [9.17, 15) is 0 Å². The normalized spacial score (nSPS) is 12.6. The van der Waals surface area contributed by atoms with Crippen LogP contribution in [0.1, 0.15) is 18.5 Å². The van der Waals surface area contributed by atoms with Crippen LogP contribution < -0.4 is 5.73 Å². The first-order valence-corrected chi connectivity index (χ1v) is 4.61. The summed E-state index contributed by atoms with van der Waals surface area (Å²) in [5.74, 6) is 0.563. The summed E-state index contributed by atoms with van der Waals surface area (Å²) in [7, 11) is 0. The van der Waals surface area contributed by atoms with Crippen LogP contribution in [0.3, 0.4) is 0 Å². The van der Waals surface area contributed by atoms with Gasteiger partial charge < -0.3 is 10.3 Å². The fraction of sp³-hybridized carbons (Fsp3) is 0.182. The van der Waals surface area contributed by atoms with E-state index in [0.29, 0.717) is 5.82 Å². The molecule has 0 spiro atoms. The third kappa shape index (κ3) is 1.62. The molecule has 14 heavy (non-hydrogen) atoms. The standard InChI is InChI=1S/C11H13N3/c1-9(10-5-3-2-4-6-10)14-7-11(12)13-8-14/h2-9H,12H2,1H3/t9-/m0/s1. The molecule has 2 rings (SSSR count). The minimum Gasteiger partial charge on any atom is -0.382 e. The van der Waals surface area contributed by atoms with E-state index in [4.69, 9.17) is 5.73 Å². The topological polar surface area (TPSA) is 43.8 Å². The first-order valence-electron chi connectivity index (χ1n) is 4.61. The SMILES string of the molecule is C[C@@H](c1ccccc1)n1cnc(N)c1. The molecule has 0 aliphatic heterocycles. The number of imidazole rings is 1. The second-order valence-corrected chi connectivity index (χ2v) is 3.33. The Morgan fingerprint density at radius 3 is 2.57 bits per heavy atom. The van der Waals surface area contributed by atoms with Gasteiger partial charge in [-0.2, -0.15) is 0 Å².